The number of hydrogen-bond donors (Lipinski definition) is 3. The van der Waals surface area contributed by atoms with Crippen molar-refractivity contribution in [1.29, 1.82) is 0 Å². The van der Waals surface area contributed by atoms with Crippen molar-refractivity contribution in [3.63, 3.8) is 0 Å². The van der Waals surface area contributed by atoms with E-state index in [1.54, 1.807) is 25.4 Å². The number of carboxylic acids is 1. The van der Waals surface area contributed by atoms with Gasteiger partial charge in [-0.2, -0.15) is 0 Å². The van der Waals surface area contributed by atoms with E-state index in [4.69, 9.17) is 10.2 Å². The van der Waals surface area contributed by atoms with Crippen LogP contribution in [0.5, 0.6) is 0 Å². The Bertz CT molecular complexity index is 410. The molecular weight excluding hydrogens is 238 g/mol. The molecule has 1 rings (SSSR count). The van der Waals surface area contributed by atoms with Gasteiger partial charge in [-0.15, -0.1) is 0 Å². The van der Waals surface area contributed by atoms with Gasteiger partial charge in [0.2, 0.25) is 0 Å². The number of aromatic nitrogens is 1. The molecule has 98 valence electrons. The highest BCUT2D eigenvalue weighted by atomic mass is 16.4. The summed E-state index contributed by atoms with van der Waals surface area (Å²) in [7, 11) is 1.55. The third-order valence-corrected chi connectivity index (χ3v) is 2.20. The van der Waals surface area contributed by atoms with Crippen molar-refractivity contribution in [1.82, 2.24) is 15.2 Å². The van der Waals surface area contributed by atoms with Crippen molar-refractivity contribution < 1.29 is 19.8 Å². The van der Waals surface area contributed by atoms with E-state index >= 15 is 0 Å². The summed E-state index contributed by atoms with van der Waals surface area (Å²) in [5.74, 6) is -1.37. The average Bonchev–Trinajstić information content (AvgIpc) is 2.36. The van der Waals surface area contributed by atoms with Gasteiger partial charge in [-0.25, -0.2) is 9.59 Å². The number of rotatable bonds is 5. The molecule has 7 nitrogen and oxygen atoms in total. The van der Waals surface area contributed by atoms with E-state index in [0.29, 0.717) is 12.2 Å². The van der Waals surface area contributed by atoms with Gasteiger partial charge < -0.3 is 20.4 Å². The lowest BCUT2D eigenvalue weighted by Crippen LogP contribution is -2.42. The Morgan fingerprint density at radius 2 is 2.22 bits per heavy atom. The minimum Gasteiger partial charge on any atom is -0.479 e. The fraction of sp³-hybridized carbons (Fsp3) is 0.364. The van der Waals surface area contributed by atoms with Gasteiger partial charge in [0.25, 0.3) is 0 Å². The van der Waals surface area contributed by atoms with Gasteiger partial charge >= 0.3 is 12.0 Å². The first-order valence-electron chi connectivity index (χ1n) is 5.30. The van der Waals surface area contributed by atoms with Gasteiger partial charge in [-0.1, -0.05) is 6.07 Å². The van der Waals surface area contributed by atoms with E-state index < -0.39 is 18.1 Å². The summed E-state index contributed by atoms with van der Waals surface area (Å²) in [5.41, 5.74) is 0.717. The maximum absolute atomic E-state index is 11.6. The maximum atomic E-state index is 11.6. The van der Waals surface area contributed by atoms with Crippen LogP contribution in [-0.2, 0) is 11.3 Å². The van der Waals surface area contributed by atoms with E-state index in [2.05, 4.69) is 10.3 Å². The Morgan fingerprint density at radius 3 is 2.78 bits per heavy atom. The topological polar surface area (TPSA) is 103 Å². The van der Waals surface area contributed by atoms with Crippen molar-refractivity contribution in [2.24, 2.45) is 0 Å². The van der Waals surface area contributed by atoms with Crippen molar-refractivity contribution >= 4 is 12.0 Å². The normalized spacial score (nSPS) is 11.7. The summed E-state index contributed by atoms with van der Waals surface area (Å²) in [5, 5.41) is 19.8. The second-order valence-electron chi connectivity index (χ2n) is 3.72. The zero-order chi connectivity index (χ0) is 13.5. The summed E-state index contributed by atoms with van der Waals surface area (Å²) < 4.78 is 0. The van der Waals surface area contributed by atoms with Gasteiger partial charge in [-0.3, -0.25) is 4.98 Å². The van der Waals surface area contributed by atoms with E-state index in [0.717, 1.165) is 0 Å². The average molecular weight is 253 g/mol. The molecule has 0 aliphatic carbocycles. The summed E-state index contributed by atoms with van der Waals surface area (Å²) in [6, 6.07) is 4.88. The molecule has 0 aliphatic heterocycles. The largest absolute Gasteiger partial charge is 0.479 e. The van der Waals surface area contributed by atoms with E-state index in [-0.39, 0.29) is 6.54 Å². The second-order valence-corrected chi connectivity index (χ2v) is 3.72. The molecule has 0 radical (unpaired) electrons. The zero-order valence-electron chi connectivity index (χ0n) is 9.91. The molecule has 0 unspecified atom stereocenters. The van der Waals surface area contributed by atoms with Crippen LogP contribution in [0.3, 0.4) is 0 Å². The van der Waals surface area contributed by atoms with Crippen LogP contribution in [-0.4, -0.2) is 51.8 Å². The molecule has 0 fully saturated rings. The SMILES string of the molecule is CN(Cc1ccccn1)C(=O)NC[C@H](O)C(=O)O. The summed E-state index contributed by atoms with van der Waals surface area (Å²) in [6.45, 7) is -0.0312. The van der Waals surface area contributed by atoms with Gasteiger partial charge in [0, 0.05) is 13.2 Å². The molecule has 1 atom stereocenters. The van der Waals surface area contributed by atoms with Gasteiger partial charge in [0.05, 0.1) is 18.8 Å². The van der Waals surface area contributed by atoms with Crippen molar-refractivity contribution in [2.75, 3.05) is 13.6 Å². The van der Waals surface area contributed by atoms with Crippen molar-refractivity contribution in [3.8, 4) is 0 Å². The van der Waals surface area contributed by atoms with Crippen LogP contribution < -0.4 is 5.32 Å². The van der Waals surface area contributed by atoms with Crippen LogP contribution in [0.1, 0.15) is 5.69 Å². The van der Waals surface area contributed by atoms with Crippen LogP contribution >= 0.6 is 0 Å². The quantitative estimate of drug-likeness (QED) is 0.666. The number of aliphatic carboxylic acids is 1. The van der Waals surface area contributed by atoms with Crippen LogP contribution in [0.2, 0.25) is 0 Å². The first-order valence-corrected chi connectivity index (χ1v) is 5.30. The van der Waals surface area contributed by atoms with Crippen molar-refractivity contribution in [2.45, 2.75) is 12.6 Å². The lowest BCUT2D eigenvalue weighted by atomic mass is 10.3. The molecule has 3 N–H and O–H groups in total. The number of pyridine rings is 1. The molecule has 0 spiro atoms. The number of nitrogens with one attached hydrogen (secondary N) is 1. The highest BCUT2D eigenvalue weighted by Gasteiger charge is 2.16. The third-order valence-electron chi connectivity index (χ3n) is 2.20. The molecule has 1 heterocycles. The van der Waals surface area contributed by atoms with Crippen LogP contribution in [0.4, 0.5) is 4.79 Å². The monoisotopic (exact) mass is 253 g/mol. The fourth-order valence-electron chi connectivity index (χ4n) is 1.21. The Kier molecular flexibility index (Phi) is 5.06. The fourth-order valence-corrected chi connectivity index (χ4v) is 1.21. The number of carbonyl (C=O) groups excluding carboxylic acids is 1. The predicted molar refractivity (Wildman–Crippen MR) is 62.7 cm³/mol. The molecular formula is C11H15N3O4. The lowest BCUT2D eigenvalue weighted by Gasteiger charge is -2.18. The van der Waals surface area contributed by atoms with Gasteiger partial charge in [-0.05, 0) is 12.1 Å². The number of aliphatic hydroxyl groups excluding tert-OH is 1. The van der Waals surface area contributed by atoms with Crippen molar-refractivity contribution in [3.05, 3.63) is 30.1 Å². The Morgan fingerprint density at radius 1 is 1.50 bits per heavy atom. The predicted octanol–water partition coefficient (Wildman–Crippen LogP) is -0.332. The first-order chi connectivity index (χ1) is 8.50. The van der Waals surface area contributed by atoms with Crippen LogP contribution in [0.25, 0.3) is 0 Å². The minimum atomic E-state index is -1.60. The number of hydrogen-bond acceptors (Lipinski definition) is 4. The maximum Gasteiger partial charge on any atom is 0.334 e. The third kappa shape index (κ3) is 4.38. The summed E-state index contributed by atoms with van der Waals surface area (Å²) in [6.07, 6.45) is 0.0205. The second kappa shape index (κ2) is 6.55. The molecule has 0 aromatic carbocycles. The van der Waals surface area contributed by atoms with E-state index in [1.807, 2.05) is 6.07 Å². The number of aliphatic hydroxyl groups is 1. The Hall–Kier alpha value is -2.15. The van der Waals surface area contributed by atoms with E-state index in [9.17, 15) is 9.59 Å². The number of carbonyl (C=O) groups is 2. The molecule has 0 saturated heterocycles. The van der Waals surface area contributed by atoms with Crippen LogP contribution in [0.15, 0.2) is 24.4 Å². The van der Waals surface area contributed by atoms with Gasteiger partial charge in [0.1, 0.15) is 0 Å². The molecule has 18 heavy (non-hydrogen) atoms. The standard InChI is InChI=1S/C11H15N3O4/c1-14(7-8-4-2-3-5-12-8)11(18)13-6-9(15)10(16)17/h2-5,9,15H,6-7H2,1H3,(H,13,18)(H,16,17)/t9-/m0/s1. The molecule has 7 heteroatoms. The molecule has 0 bridgehead atoms. The minimum absolute atomic E-state index is 0.301. The molecule has 0 saturated carbocycles. The molecule has 1 aromatic heterocycles. The summed E-state index contributed by atoms with van der Waals surface area (Å²) >= 11 is 0. The number of amides is 2. The summed E-state index contributed by atoms with van der Waals surface area (Å²) in [4.78, 5) is 27.3. The highest BCUT2D eigenvalue weighted by molar-refractivity contribution is 5.76. The Balaban J connectivity index is 2.40. The smallest absolute Gasteiger partial charge is 0.334 e. The van der Waals surface area contributed by atoms with Crippen LogP contribution in [0, 0.1) is 0 Å². The molecule has 2 amide bonds. The Labute approximate surface area is 104 Å². The van der Waals surface area contributed by atoms with E-state index in [1.165, 1.54) is 4.90 Å². The zero-order valence-corrected chi connectivity index (χ0v) is 9.91. The van der Waals surface area contributed by atoms with Gasteiger partial charge in [0.15, 0.2) is 6.10 Å². The number of nitrogens with zero attached hydrogens (tertiary/aromatic N) is 2. The molecule has 1 aromatic rings. The highest BCUT2D eigenvalue weighted by Crippen LogP contribution is 1.98. The lowest BCUT2D eigenvalue weighted by molar-refractivity contribution is -0.146. The molecule has 0 aliphatic rings. The first kappa shape index (κ1) is 13.9. The number of urea groups is 1. The number of carboxylic acid groups (broad SMARTS) is 1.